The van der Waals surface area contributed by atoms with Crippen molar-refractivity contribution in [2.45, 2.75) is 39.2 Å². The third kappa shape index (κ3) is 5.27. The van der Waals surface area contributed by atoms with Crippen molar-refractivity contribution < 1.29 is 15.0 Å². The van der Waals surface area contributed by atoms with Gasteiger partial charge in [-0.1, -0.05) is 62.9 Å². The highest BCUT2D eigenvalue weighted by atomic mass is 16.4. The van der Waals surface area contributed by atoms with Gasteiger partial charge in [0.15, 0.2) is 0 Å². The highest BCUT2D eigenvalue weighted by Gasteiger charge is 2.27. The van der Waals surface area contributed by atoms with Crippen LogP contribution in [0, 0.1) is 18.8 Å². The smallest absolute Gasteiger partial charge is 0.335 e. The van der Waals surface area contributed by atoms with Gasteiger partial charge in [0.1, 0.15) is 6.10 Å². The molecule has 0 fully saturated rings. The molecule has 0 saturated carbocycles. The molecule has 0 spiro atoms. The lowest BCUT2D eigenvalue weighted by Crippen LogP contribution is -2.22. The quantitative estimate of drug-likeness (QED) is 0.502. The molecule has 0 aromatic heterocycles. The fourth-order valence-corrected chi connectivity index (χ4v) is 3.99. The molecule has 2 N–H and O–H groups in total. The summed E-state index contributed by atoms with van der Waals surface area (Å²) in [6.45, 7) is 8.55. The van der Waals surface area contributed by atoms with Crippen LogP contribution in [-0.4, -0.2) is 30.3 Å². The number of carbonyl (C=O) groups is 1. The standard InChI is InChI=1S/C29H31NO3/c1-19-23(25(31)17-14-20-12-15-22(16-13-20)28(32)33)18-24(29(2,3)4)27(30(5)6)26(19)21-10-8-7-9-11-21/h7-13,15-16,18,25,31H,1-6H3,(H,32,33). The molecule has 4 nitrogen and oxygen atoms in total. The second-order valence-electron chi connectivity index (χ2n) is 9.43. The molecule has 4 heteroatoms. The number of rotatable bonds is 4. The fourth-order valence-electron chi connectivity index (χ4n) is 3.99. The largest absolute Gasteiger partial charge is 0.478 e. The lowest BCUT2D eigenvalue weighted by atomic mass is 9.79. The normalized spacial score (nSPS) is 12.0. The average Bonchev–Trinajstić information content (AvgIpc) is 2.77. The molecular weight excluding hydrogens is 410 g/mol. The molecule has 3 rings (SSSR count). The van der Waals surface area contributed by atoms with Crippen molar-refractivity contribution in [2.24, 2.45) is 0 Å². The predicted molar refractivity (Wildman–Crippen MR) is 135 cm³/mol. The van der Waals surface area contributed by atoms with Crippen molar-refractivity contribution in [1.29, 1.82) is 0 Å². The number of hydrogen-bond donors (Lipinski definition) is 2. The second-order valence-corrected chi connectivity index (χ2v) is 9.43. The van der Waals surface area contributed by atoms with E-state index in [1.807, 2.05) is 39.2 Å². The zero-order valence-corrected chi connectivity index (χ0v) is 20.1. The van der Waals surface area contributed by atoms with E-state index in [4.69, 9.17) is 5.11 Å². The molecule has 0 aliphatic rings. The van der Waals surface area contributed by atoms with Crippen LogP contribution in [0.3, 0.4) is 0 Å². The van der Waals surface area contributed by atoms with Crippen molar-refractivity contribution in [1.82, 2.24) is 0 Å². The fraction of sp³-hybridized carbons (Fsp3) is 0.276. The number of aliphatic hydroxyl groups excluding tert-OH is 1. The van der Waals surface area contributed by atoms with Crippen molar-refractivity contribution in [3.8, 4) is 23.0 Å². The van der Waals surface area contributed by atoms with Gasteiger partial charge in [-0.15, -0.1) is 0 Å². The Labute approximate surface area is 196 Å². The summed E-state index contributed by atoms with van der Waals surface area (Å²) < 4.78 is 0. The van der Waals surface area contributed by atoms with Crippen molar-refractivity contribution in [3.63, 3.8) is 0 Å². The van der Waals surface area contributed by atoms with E-state index in [0.717, 1.165) is 33.5 Å². The van der Waals surface area contributed by atoms with Gasteiger partial charge in [-0.2, -0.15) is 0 Å². The lowest BCUT2D eigenvalue weighted by molar-refractivity contribution is 0.0697. The van der Waals surface area contributed by atoms with E-state index >= 15 is 0 Å². The maximum absolute atomic E-state index is 11.1. The van der Waals surface area contributed by atoms with E-state index in [0.29, 0.717) is 5.56 Å². The van der Waals surface area contributed by atoms with Crippen molar-refractivity contribution in [2.75, 3.05) is 19.0 Å². The van der Waals surface area contributed by atoms with E-state index in [1.165, 1.54) is 12.1 Å². The highest BCUT2D eigenvalue weighted by molar-refractivity contribution is 5.87. The van der Waals surface area contributed by atoms with Crippen molar-refractivity contribution in [3.05, 3.63) is 88.5 Å². The molecule has 1 unspecified atom stereocenters. The van der Waals surface area contributed by atoms with Crippen LogP contribution in [0.15, 0.2) is 60.7 Å². The molecule has 1 atom stereocenters. The van der Waals surface area contributed by atoms with Crippen LogP contribution in [-0.2, 0) is 5.41 Å². The highest BCUT2D eigenvalue weighted by Crippen LogP contribution is 2.43. The number of anilines is 1. The molecule has 0 saturated heterocycles. The molecule has 0 heterocycles. The van der Waals surface area contributed by atoms with Gasteiger partial charge in [-0.05, 0) is 64.9 Å². The number of hydrogen-bond acceptors (Lipinski definition) is 3. The van der Waals surface area contributed by atoms with Gasteiger partial charge in [0, 0.05) is 30.9 Å². The predicted octanol–water partition coefficient (Wildman–Crippen LogP) is 5.81. The minimum atomic E-state index is -0.982. The van der Waals surface area contributed by atoms with Gasteiger partial charge in [-0.3, -0.25) is 0 Å². The van der Waals surface area contributed by atoms with Gasteiger partial charge in [-0.25, -0.2) is 4.79 Å². The number of carboxylic acids is 1. The van der Waals surface area contributed by atoms with Crippen LogP contribution in [0.5, 0.6) is 0 Å². The second kappa shape index (κ2) is 9.52. The Morgan fingerprint density at radius 1 is 1.00 bits per heavy atom. The van der Waals surface area contributed by atoms with Crippen LogP contribution in [0.1, 0.15) is 59.5 Å². The summed E-state index contributed by atoms with van der Waals surface area (Å²) in [5, 5.41) is 20.2. The zero-order valence-electron chi connectivity index (χ0n) is 20.1. The molecule has 0 aliphatic heterocycles. The molecule has 3 aromatic carbocycles. The summed E-state index contributed by atoms with van der Waals surface area (Å²) >= 11 is 0. The van der Waals surface area contributed by atoms with Crippen molar-refractivity contribution >= 4 is 11.7 Å². The monoisotopic (exact) mass is 441 g/mol. The molecule has 0 amide bonds. The lowest BCUT2D eigenvalue weighted by Gasteiger charge is -2.32. The van der Waals surface area contributed by atoms with Crippen LogP contribution < -0.4 is 4.90 Å². The Balaban J connectivity index is 2.17. The van der Waals surface area contributed by atoms with Gasteiger partial charge >= 0.3 is 5.97 Å². The summed E-state index contributed by atoms with van der Waals surface area (Å²) in [4.78, 5) is 13.2. The van der Waals surface area contributed by atoms with Gasteiger partial charge < -0.3 is 15.1 Å². The minimum Gasteiger partial charge on any atom is -0.478 e. The maximum atomic E-state index is 11.1. The molecule has 0 radical (unpaired) electrons. The number of benzene rings is 3. The van der Waals surface area contributed by atoms with E-state index in [1.54, 1.807) is 12.1 Å². The van der Waals surface area contributed by atoms with Crippen LogP contribution in [0.25, 0.3) is 11.1 Å². The van der Waals surface area contributed by atoms with E-state index in [2.05, 4.69) is 55.7 Å². The van der Waals surface area contributed by atoms with E-state index in [-0.39, 0.29) is 11.0 Å². The first-order valence-electron chi connectivity index (χ1n) is 10.9. The third-order valence-electron chi connectivity index (χ3n) is 5.70. The Morgan fingerprint density at radius 3 is 2.12 bits per heavy atom. The molecular formula is C29H31NO3. The van der Waals surface area contributed by atoms with E-state index < -0.39 is 12.1 Å². The zero-order chi connectivity index (χ0) is 24.3. The van der Waals surface area contributed by atoms with Crippen LogP contribution in [0.4, 0.5) is 5.69 Å². The SMILES string of the molecule is Cc1c(C(O)C#Cc2ccc(C(=O)O)cc2)cc(C(C)(C)C)c(N(C)C)c1-c1ccccc1. The topological polar surface area (TPSA) is 60.8 Å². The van der Waals surface area contributed by atoms with E-state index in [9.17, 15) is 9.90 Å². The summed E-state index contributed by atoms with van der Waals surface area (Å²) in [6, 6.07) is 18.6. The average molecular weight is 442 g/mol. The Bertz CT molecular complexity index is 1210. The van der Waals surface area contributed by atoms with Crippen LogP contribution >= 0.6 is 0 Å². The number of aromatic carboxylic acids is 1. The molecule has 170 valence electrons. The van der Waals surface area contributed by atoms with Gasteiger partial charge in [0.25, 0.3) is 0 Å². The first-order valence-corrected chi connectivity index (χ1v) is 10.9. The summed E-state index contributed by atoms with van der Waals surface area (Å²) in [5.74, 6) is 4.97. The number of nitrogens with zero attached hydrogens (tertiary/aromatic N) is 1. The molecule has 0 aliphatic carbocycles. The summed E-state index contributed by atoms with van der Waals surface area (Å²) in [7, 11) is 4.10. The maximum Gasteiger partial charge on any atom is 0.335 e. The first kappa shape index (κ1) is 24.1. The Hall–Kier alpha value is -3.55. The molecule has 0 bridgehead atoms. The Kier molecular flexibility index (Phi) is 6.95. The Morgan fingerprint density at radius 2 is 1.61 bits per heavy atom. The van der Waals surface area contributed by atoms with Gasteiger partial charge in [0.2, 0.25) is 0 Å². The summed E-state index contributed by atoms with van der Waals surface area (Å²) in [5.41, 5.74) is 6.94. The summed E-state index contributed by atoms with van der Waals surface area (Å²) in [6.07, 6.45) is -0.982. The van der Waals surface area contributed by atoms with Gasteiger partial charge in [0.05, 0.1) is 5.56 Å². The van der Waals surface area contributed by atoms with Crippen LogP contribution in [0.2, 0.25) is 0 Å². The number of aliphatic hydroxyl groups is 1. The minimum absolute atomic E-state index is 0.147. The first-order chi connectivity index (χ1) is 15.5. The third-order valence-corrected chi connectivity index (χ3v) is 5.70. The molecule has 33 heavy (non-hydrogen) atoms. The molecule has 3 aromatic rings. The number of carboxylic acid groups (broad SMARTS) is 1.